The molecule has 0 radical (unpaired) electrons. The Kier molecular flexibility index (Phi) is 6.04. The van der Waals surface area contributed by atoms with Crippen LogP contribution in [0.25, 0.3) is 0 Å². The Morgan fingerprint density at radius 1 is 1.23 bits per heavy atom. The molecule has 0 aromatic carbocycles. The molecule has 148 valence electrons. The van der Waals surface area contributed by atoms with Gasteiger partial charge in [-0.05, 0) is 39.2 Å². The van der Waals surface area contributed by atoms with Crippen molar-refractivity contribution in [2.24, 2.45) is 5.92 Å². The summed E-state index contributed by atoms with van der Waals surface area (Å²) in [6.07, 6.45) is 3.42. The number of aliphatic carboxylic acids is 1. The van der Waals surface area contributed by atoms with Crippen LogP contribution in [0.15, 0.2) is 0 Å². The van der Waals surface area contributed by atoms with Crippen LogP contribution >= 0.6 is 0 Å². The molecule has 3 fully saturated rings. The Hall–Kier alpha value is -1.38. The van der Waals surface area contributed by atoms with Crippen molar-refractivity contribution in [2.45, 2.75) is 57.4 Å². The molecule has 0 aromatic rings. The molecule has 0 atom stereocenters. The van der Waals surface area contributed by atoms with E-state index < -0.39 is 11.8 Å². The summed E-state index contributed by atoms with van der Waals surface area (Å²) in [7, 11) is 0. The lowest BCUT2D eigenvalue weighted by Crippen LogP contribution is -2.57. The van der Waals surface area contributed by atoms with E-state index in [1.165, 1.54) is 0 Å². The number of hydrogen-bond acceptors (Lipinski definition) is 5. The normalized spacial score (nSPS) is 28.8. The summed E-state index contributed by atoms with van der Waals surface area (Å²) < 4.78 is 11.5. The largest absolute Gasteiger partial charge is 0.480 e. The number of nitrogens with one attached hydrogen (secondary N) is 1. The predicted octanol–water partition coefficient (Wildman–Crippen LogP) is 1.11. The van der Waals surface area contributed by atoms with Gasteiger partial charge in [0.15, 0.2) is 5.79 Å². The first kappa shape index (κ1) is 19.4. The highest BCUT2D eigenvalue weighted by molar-refractivity contribution is 5.74. The lowest BCUT2D eigenvalue weighted by molar-refractivity contribution is -0.189. The Balaban J connectivity index is 1.38. The molecule has 8 heteroatoms. The van der Waals surface area contributed by atoms with Crippen molar-refractivity contribution >= 4 is 12.0 Å². The summed E-state index contributed by atoms with van der Waals surface area (Å²) in [5.74, 6) is -0.959. The maximum atomic E-state index is 12.5. The second kappa shape index (κ2) is 8.10. The second-order valence-corrected chi connectivity index (χ2v) is 7.70. The Morgan fingerprint density at radius 2 is 1.85 bits per heavy atom. The zero-order valence-corrected chi connectivity index (χ0v) is 15.8. The van der Waals surface area contributed by atoms with Crippen molar-refractivity contribution in [3.05, 3.63) is 0 Å². The van der Waals surface area contributed by atoms with E-state index in [2.05, 4.69) is 5.32 Å². The molecule has 2 aliphatic heterocycles. The third kappa shape index (κ3) is 4.29. The Labute approximate surface area is 154 Å². The zero-order valence-electron chi connectivity index (χ0n) is 15.8. The number of urea groups is 1. The monoisotopic (exact) mass is 369 g/mol. The molecular formula is C18H31N3O5. The first-order chi connectivity index (χ1) is 12.4. The molecule has 2 N–H and O–H groups in total. The molecule has 8 nitrogen and oxygen atoms in total. The van der Waals surface area contributed by atoms with Gasteiger partial charge in [-0.3, -0.25) is 9.69 Å². The van der Waals surface area contributed by atoms with Crippen molar-refractivity contribution in [1.29, 1.82) is 0 Å². The highest BCUT2D eigenvalue weighted by Gasteiger charge is 2.42. The highest BCUT2D eigenvalue weighted by Crippen LogP contribution is 2.35. The molecule has 0 bridgehead atoms. The minimum atomic E-state index is -0.800. The molecule has 2 amide bonds. The number of amides is 2. The van der Waals surface area contributed by atoms with Crippen LogP contribution in [0, 0.1) is 5.92 Å². The Morgan fingerprint density at radius 3 is 2.38 bits per heavy atom. The highest BCUT2D eigenvalue weighted by atomic mass is 16.7. The maximum absolute atomic E-state index is 12.5. The fourth-order valence-corrected chi connectivity index (χ4v) is 4.32. The third-order valence-corrected chi connectivity index (χ3v) is 6.09. The summed E-state index contributed by atoms with van der Waals surface area (Å²) in [6.45, 7) is 7.49. The maximum Gasteiger partial charge on any atom is 0.317 e. The van der Waals surface area contributed by atoms with Crippen molar-refractivity contribution in [1.82, 2.24) is 15.1 Å². The third-order valence-electron chi connectivity index (χ3n) is 6.09. The summed E-state index contributed by atoms with van der Waals surface area (Å²) >= 11 is 0. The van der Waals surface area contributed by atoms with E-state index in [9.17, 15) is 9.59 Å². The van der Waals surface area contributed by atoms with E-state index in [1.807, 2.05) is 23.6 Å². The molecule has 0 aromatic heterocycles. The predicted molar refractivity (Wildman–Crippen MR) is 94.8 cm³/mol. The number of nitrogens with zero attached hydrogens (tertiary/aromatic N) is 2. The number of carboxylic acid groups (broad SMARTS) is 1. The molecule has 1 aliphatic carbocycles. The number of carboxylic acids is 1. The van der Waals surface area contributed by atoms with Gasteiger partial charge in [0.2, 0.25) is 0 Å². The van der Waals surface area contributed by atoms with Crippen LogP contribution in [0.2, 0.25) is 0 Å². The molecule has 26 heavy (non-hydrogen) atoms. The summed E-state index contributed by atoms with van der Waals surface area (Å²) in [5.41, 5.74) is 0. The van der Waals surface area contributed by atoms with Crippen LogP contribution in [-0.2, 0) is 14.3 Å². The van der Waals surface area contributed by atoms with Gasteiger partial charge < -0.3 is 24.8 Å². The molecule has 0 spiro atoms. The number of piperidine rings is 1. The minimum absolute atomic E-state index is 0.00778. The Bertz CT molecular complexity index is 509. The van der Waals surface area contributed by atoms with Gasteiger partial charge in [-0.25, -0.2) is 4.79 Å². The van der Waals surface area contributed by atoms with Crippen LogP contribution in [0.1, 0.15) is 39.5 Å². The van der Waals surface area contributed by atoms with Crippen LogP contribution in [0.3, 0.4) is 0 Å². The van der Waals surface area contributed by atoms with Crippen molar-refractivity contribution in [3.8, 4) is 0 Å². The number of ether oxygens (including phenoxy) is 2. The number of carbonyl (C=O) groups is 2. The fraction of sp³-hybridized carbons (Fsp3) is 0.889. The quantitative estimate of drug-likeness (QED) is 0.729. The first-order valence-electron chi connectivity index (χ1n) is 9.70. The van der Waals surface area contributed by atoms with Gasteiger partial charge in [-0.15, -0.1) is 0 Å². The van der Waals surface area contributed by atoms with E-state index in [-0.39, 0.29) is 24.7 Å². The number of hydrogen-bond donors (Lipinski definition) is 2. The zero-order chi connectivity index (χ0) is 18.7. The van der Waals surface area contributed by atoms with Crippen LogP contribution < -0.4 is 5.32 Å². The lowest BCUT2D eigenvalue weighted by Gasteiger charge is -2.44. The minimum Gasteiger partial charge on any atom is -0.480 e. The standard InChI is InChI=1S/C18H31N3O5/c1-3-20(12-16(22)23)15-10-14(11-15)19-17(24)21-6-4-13(5-7-21)18(2)25-8-9-26-18/h13-15H,3-12H2,1-2H3,(H,19,24)(H,22,23). The molecule has 3 aliphatic rings. The van der Waals surface area contributed by atoms with E-state index >= 15 is 0 Å². The molecule has 3 rings (SSSR count). The fourth-order valence-electron chi connectivity index (χ4n) is 4.32. The van der Waals surface area contributed by atoms with Crippen LogP contribution in [0.4, 0.5) is 4.79 Å². The van der Waals surface area contributed by atoms with E-state index in [0.29, 0.717) is 25.7 Å². The average molecular weight is 369 g/mol. The molecule has 0 unspecified atom stereocenters. The van der Waals surface area contributed by atoms with Crippen molar-refractivity contribution in [3.63, 3.8) is 0 Å². The number of likely N-dealkylation sites (tertiary alicyclic amines) is 1. The lowest BCUT2D eigenvalue weighted by atomic mass is 9.85. The van der Waals surface area contributed by atoms with Gasteiger partial charge in [0.05, 0.1) is 19.8 Å². The molecular weight excluding hydrogens is 338 g/mol. The van der Waals surface area contributed by atoms with Gasteiger partial charge >= 0.3 is 12.0 Å². The summed E-state index contributed by atoms with van der Waals surface area (Å²) in [4.78, 5) is 27.2. The van der Waals surface area contributed by atoms with Crippen LogP contribution in [-0.4, -0.2) is 84.2 Å². The smallest absolute Gasteiger partial charge is 0.317 e. The number of likely N-dealkylation sites (N-methyl/N-ethyl adjacent to an activating group) is 1. The van der Waals surface area contributed by atoms with Gasteiger partial charge in [-0.1, -0.05) is 6.92 Å². The van der Waals surface area contributed by atoms with E-state index in [1.54, 1.807) is 0 Å². The average Bonchev–Trinajstić information content (AvgIpc) is 3.03. The summed E-state index contributed by atoms with van der Waals surface area (Å²) in [6, 6.07) is 0.391. The van der Waals surface area contributed by atoms with Gasteiger partial charge in [-0.2, -0.15) is 0 Å². The first-order valence-corrected chi connectivity index (χ1v) is 9.70. The van der Waals surface area contributed by atoms with Gasteiger partial charge in [0, 0.05) is 31.1 Å². The topological polar surface area (TPSA) is 91.3 Å². The molecule has 1 saturated carbocycles. The van der Waals surface area contributed by atoms with Gasteiger partial charge in [0.1, 0.15) is 0 Å². The summed E-state index contributed by atoms with van der Waals surface area (Å²) in [5, 5.41) is 12.0. The van der Waals surface area contributed by atoms with E-state index in [0.717, 1.165) is 38.8 Å². The molecule has 2 saturated heterocycles. The number of carbonyl (C=O) groups excluding carboxylic acids is 1. The van der Waals surface area contributed by atoms with Crippen molar-refractivity contribution < 1.29 is 24.2 Å². The second-order valence-electron chi connectivity index (χ2n) is 7.70. The molecule has 2 heterocycles. The van der Waals surface area contributed by atoms with Crippen molar-refractivity contribution in [2.75, 3.05) is 39.4 Å². The van der Waals surface area contributed by atoms with Crippen LogP contribution in [0.5, 0.6) is 0 Å². The SMILES string of the molecule is CCN(CC(=O)O)C1CC(NC(=O)N2CCC(C3(C)OCCO3)CC2)C1. The van der Waals surface area contributed by atoms with E-state index in [4.69, 9.17) is 14.6 Å². The van der Waals surface area contributed by atoms with Gasteiger partial charge in [0.25, 0.3) is 0 Å². The number of rotatable bonds is 6.